The molecule has 0 fully saturated rings. The molecule has 0 spiro atoms. The van der Waals surface area contributed by atoms with E-state index in [2.05, 4.69) is 15.3 Å². The van der Waals surface area contributed by atoms with Gasteiger partial charge in [-0.2, -0.15) is 0 Å². The summed E-state index contributed by atoms with van der Waals surface area (Å²) in [6.45, 7) is 2.87. The third kappa shape index (κ3) is 3.97. The van der Waals surface area contributed by atoms with Gasteiger partial charge in [-0.25, -0.2) is 18.7 Å². The van der Waals surface area contributed by atoms with Crippen LogP contribution in [0.5, 0.6) is 0 Å². The molecule has 5 rings (SSSR count). The Morgan fingerprint density at radius 2 is 1.71 bits per heavy atom. The van der Waals surface area contributed by atoms with Gasteiger partial charge in [-0.1, -0.05) is 24.3 Å². The number of halogens is 2. The molecule has 1 aliphatic heterocycles. The van der Waals surface area contributed by atoms with E-state index >= 15 is 0 Å². The smallest absolute Gasteiger partial charge is 0.260 e. The lowest BCUT2D eigenvalue weighted by atomic mass is 10.1. The molecular formula is C24H21F2N5O3. The second-order valence-electron chi connectivity index (χ2n) is 8.22. The minimum atomic E-state index is -1.97. The normalized spacial score (nSPS) is 14.0. The number of rotatable bonds is 5. The lowest BCUT2D eigenvalue weighted by Crippen LogP contribution is -2.24. The number of hydrogen-bond donors (Lipinski definition) is 3. The number of aliphatic hydroxyl groups excluding tert-OH is 1. The Morgan fingerprint density at radius 1 is 1.03 bits per heavy atom. The molecule has 0 bridgehead atoms. The predicted octanol–water partition coefficient (Wildman–Crippen LogP) is 3.04. The van der Waals surface area contributed by atoms with Crippen molar-refractivity contribution >= 4 is 17.3 Å². The quantitative estimate of drug-likeness (QED) is 0.389. The summed E-state index contributed by atoms with van der Waals surface area (Å²) in [5.74, 6) is -0.898. The van der Waals surface area contributed by atoms with Crippen LogP contribution in [0.1, 0.15) is 41.5 Å². The number of anilines is 2. The van der Waals surface area contributed by atoms with Crippen molar-refractivity contribution in [1.82, 2.24) is 14.4 Å². The van der Waals surface area contributed by atoms with Gasteiger partial charge in [-0.15, -0.1) is 0 Å². The monoisotopic (exact) mass is 465 g/mol. The van der Waals surface area contributed by atoms with Crippen LogP contribution in [-0.2, 0) is 13.1 Å². The van der Waals surface area contributed by atoms with Gasteiger partial charge in [0, 0.05) is 30.9 Å². The molecule has 0 saturated carbocycles. The molecule has 0 saturated heterocycles. The Labute approximate surface area is 192 Å². The summed E-state index contributed by atoms with van der Waals surface area (Å²) >= 11 is 0. The number of pyridine rings is 2. The van der Waals surface area contributed by atoms with Crippen LogP contribution in [0.3, 0.4) is 0 Å². The summed E-state index contributed by atoms with van der Waals surface area (Å²) in [4.78, 5) is 23.4. The van der Waals surface area contributed by atoms with E-state index in [1.54, 1.807) is 6.92 Å². The molecule has 8 nitrogen and oxygen atoms in total. The Hall–Kier alpha value is -3.89. The Balaban J connectivity index is 1.56. The van der Waals surface area contributed by atoms with Crippen molar-refractivity contribution in [1.29, 1.82) is 0 Å². The number of nitrogens with zero attached hydrogens (tertiary/aromatic N) is 4. The third-order valence-electron chi connectivity index (χ3n) is 5.89. The van der Waals surface area contributed by atoms with Crippen LogP contribution in [0.15, 0.2) is 59.7 Å². The van der Waals surface area contributed by atoms with Gasteiger partial charge in [0.2, 0.25) is 0 Å². The van der Waals surface area contributed by atoms with Crippen LogP contribution in [0, 0.1) is 11.6 Å². The topological polar surface area (TPSA) is 103 Å². The Morgan fingerprint density at radius 3 is 2.38 bits per heavy atom. The maximum Gasteiger partial charge on any atom is 0.260 e. The van der Waals surface area contributed by atoms with E-state index in [0.717, 1.165) is 34.0 Å². The molecule has 0 unspecified atom stereocenters. The highest BCUT2D eigenvalue weighted by Crippen LogP contribution is 2.29. The maximum absolute atomic E-state index is 14.4. The molecule has 0 aliphatic carbocycles. The lowest BCUT2D eigenvalue weighted by Gasteiger charge is -2.21. The lowest BCUT2D eigenvalue weighted by molar-refractivity contribution is -0.0423. The van der Waals surface area contributed by atoms with Crippen LogP contribution < -0.4 is 15.8 Å². The molecule has 3 N–H and O–H groups in total. The standard InChI is InChI=1S/C24H21F2N5O3/c1-13(28-22-19(24(33)34)6-16(25)9-27-22)18-7-17(26)12-31-21(32)8-20(29-23(18)31)30-10-14-4-2-3-5-15(14)11-30/h2-9,12-13,24,33-34H,10-11H2,1H3,(H,27,28)/t13-/m1/s1. The zero-order valence-corrected chi connectivity index (χ0v) is 18.1. The number of aliphatic hydroxyl groups is 2. The van der Waals surface area contributed by atoms with E-state index in [1.165, 1.54) is 12.1 Å². The summed E-state index contributed by atoms with van der Waals surface area (Å²) in [6.07, 6.45) is 0.0326. The summed E-state index contributed by atoms with van der Waals surface area (Å²) in [5.41, 5.74) is 2.28. The zero-order valence-electron chi connectivity index (χ0n) is 18.1. The van der Waals surface area contributed by atoms with E-state index in [9.17, 15) is 23.8 Å². The maximum atomic E-state index is 14.4. The second kappa shape index (κ2) is 8.47. The fourth-order valence-electron chi connectivity index (χ4n) is 4.21. The average Bonchev–Trinajstić information content (AvgIpc) is 3.24. The molecular weight excluding hydrogens is 444 g/mol. The van der Waals surface area contributed by atoms with Crippen molar-refractivity contribution < 1.29 is 19.0 Å². The summed E-state index contributed by atoms with van der Waals surface area (Å²) in [6, 6.07) is 10.9. The molecule has 4 aromatic rings. The molecule has 174 valence electrons. The highest BCUT2D eigenvalue weighted by Gasteiger charge is 2.23. The number of hydrogen-bond acceptors (Lipinski definition) is 7. The number of aromatic nitrogens is 3. The fourth-order valence-corrected chi connectivity index (χ4v) is 4.21. The van der Waals surface area contributed by atoms with Gasteiger partial charge < -0.3 is 20.4 Å². The SMILES string of the molecule is C[C@@H](Nc1ncc(F)cc1C(O)O)c1cc(F)cn2c(=O)cc(N3Cc4ccccc4C3)nc12. The number of nitrogens with one attached hydrogen (secondary N) is 1. The van der Waals surface area contributed by atoms with Crippen LogP contribution >= 0.6 is 0 Å². The largest absolute Gasteiger partial charge is 0.364 e. The van der Waals surface area contributed by atoms with Crippen LogP contribution in [0.2, 0.25) is 0 Å². The number of benzene rings is 1. The predicted molar refractivity (Wildman–Crippen MR) is 121 cm³/mol. The molecule has 0 amide bonds. The zero-order chi connectivity index (χ0) is 24.0. The molecule has 34 heavy (non-hydrogen) atoms. The number of fused-ring (bicyclic) bond motifs is 2. The minimum absolute atomic E-state index is 0.0137. The van der Waals surface area contributed by atoms with Gasteiger partial charge in [-0.05, 0) is 30.2 Å². The molecule has 1 aliphatic rings. The summed E-state index contributed by atoms with van der Waals surface area (Å²) < 4.78 is 29.1. The summed E-state index contributed by atoms with van der Waals surface area (Å²) in [7, 11) is 0. The molecule has 1 atom stereocenters. The molecule has 0 radical (unpaired) electrons. The molecule has 1 aromatic carbocycles. The second-order valence-corrected chi connectivity index (χ2v) is 8.22. The first-order valence-corrected chi connectivity index (χ1v) is 10.6. The summed E-state index contributed by atoms with van der Waals surface area (Å²) in [5, 5.41) is 22.1. The van der Waals surface area contributed by atoms with Gasteiger partial charge >= 0.3 is 0 Å². The van der Waals surface area contributed by atoms with Gasteiger partial charge in [0.15, 0.2) is 6.29 Å². The highest BCUT2D eigenvalue weighted by molar-refractivity contribution is 5.58. The highest BCUT2D eigenvalue weighted by atomic mass is 19.1. The van der Waals surface area contributed by atoms with Crippen molar-refractivity contribution in [3.05, 3.63) is 99.1 Å². The molecule has 10 heteroatoms. The van der Waals surface area contributed by atoms with Crippen molar-refractivity contribution in [3.63, 3.8) is 0 Å². The van der Waals surface area contributed by atoms with Crippen LogP contribution in [-0.4, -0.2) is 24.6 Å². The third-order valence-corrected chi connectivity index (χ3v) is 5.89. The molecule has 4 heterocycles. The first-order chi connectivity index (χ1) is 16.3. The fraction of sp³-hybridized carbons (Fsp3) is 0.208. The van der Waals surface area contributed by atoms with Gasteiger partial charge in [0.05, 0.1) is 17.8 Å². The van der Waals surface area contributed by atoms with E-state index in [0.29, 0.717) is 24.5 Å². The van der Waals surface area contributed by atoms with Crippen LogP contribution in [0.4, 0.5) is 20.4 Å². The van der Waals surface area contributed by atoms with E-state index in [-0.39, 0.29) is 17.0 Å². The van der Waals surface area contributed by atoms with Crippen LogP contribution in [0.25, 0.3) is 5.65 Å². The van der Waals surface area contributed by atoms with Gasteiger partial charge in [-0.3, -0.25) is 9.20 Å². The van der Waals surface area contributed by atoms with Gasteiger partial charge in [0.25, 0.3) is 5.56 Å². The van der Waals surface area contributed by atoms with Crippen molar-refractivity contribution in [2.45, 2.75) is 32.3 Å². The Kier molecular flexibility index (Phi) is 5.46. The van der Waals surface area contributed by atoms with E-state index < -0.39 is 29.5 Å². The van der Waals surface area contributed by atoms with Crippen molar-refractivity contribution in [2.75, 3.05) is 10.2 Å². The van der Waals surface area contributed by atoms with E-state index in [1.807, 2.05) is 29.2 Å². The minimum Gasteiger partial charge on any atom is -0.364 e. The van der Waals surface area contributed by atoms with Gasteiger partial charge in [0.1, 0.15) is 28.9 Å². The Bertz CT molecular complexity index is 1430. The first kappa shape index (κ1) is 21.9. The molecule has 3 aromatic heterocycles. The van der Waals surface area contributed by atoms with Crippen molar-refractivity contribution in [2.24, 2.45) is 0 Å². The average molecular weight is 465 g/mol. The van der Waals surface area contributed by atoms with Crippen molar-refractivity contribution in [3.8, 4) is 0 Å². The van der Waals surface area contributed by atoms with E-state index in [4.69, 9.17) is 0 Å². The first-order valence-electron chi connectivity index (χ1n) is 10.6.